The van der Waals surface area contributed by atoms with Gasteiger partial charge in [0.2, 0.25) is 11.1 Å². The maximum absolute atomic E-state index is 13.3. The summed E-state index contributed by atoms with van der Waals surface area (Å²) >= 11 is 0. The standard InChI is InChI=1S/C22H20N2O3/c1-3-4-13-24-20(15-10-6-5-9-14(15)2)23-21-18(22(24)26)19(25)16-11-7-8-12-17(16)27-21/h5-12H,3-4,13H2,1-2H3. The minimum atomic E-state index is -0.341. The SMILES string of the molecule is CCCCn1c(-c2ccccc2C)nc2oc3ccccc3c(=O)c2c1=O. The molecule has 0 N–H and O–H groups in total. The third-order valence-corrected chi connectivity index (χ3v) is 4.82. The normalized spacial score (nSPS) is 11.3. The Morgan fingerprint density at radius 2 is 1.78 bits per heavy atom. The lowest BCUT2D eigenvalue weighted by Crippen LogP contribution is -2.27. The van der Waals surface area contributed by atoms with Crippen molar-refractivity contribution in [2.24, 2.45) is 0 Å². The minimum absolute atomic E-state index is 0.0159. The number of hydrogen-bond acceptors (Lipinski definition) is 4. The van der Waals surface area contributed by atoms with Gasteiger partial charge in [0.15, 0.2) is 5.39 Å². The van der Waals surface area contributed by atoms with Crippen molar-refractivity contribution in [1.82, 2.24) is 9.55 Å². The minimum Gasteiger partial charge on any atom is -0.437 e. The Bertz CT molecular complexity index is 1270. The van der Waals surface area contributed by atoms with E-state index in [0.717, 1.165) is 24.0 Å². The number of unbranched alkanes of at least 4 members (excludes halogenated alkanes) is 1. The topological polar surface area (TPSA) is 65.1 Å². The van der Waals surface area contributed by atoms with Crippen LogP contribution in [0.25, 0.3) is 33.5 Å². The number of aromatic nitrogens is 2. The lowest BCUT2D eigenvalue weighted by molar-refractivity contribution is 0.598. The van der Waals surface area contributed by atoms with Gasteiger partial charge < -0.3 is 4.42 Å². The van der Waals surface area contributed by atoms with E-state index < -0.39 is 0 Å². The first-order chi connectivity index (χ1) is 13.1. The molecular weight excluding hydrogens is 340 g/mol. The van der Waals surface area contributed by atoms with Crippen molar-refractivity contribution in [1.29, 1.82) is 0 Å². The van der Waals surface area contributed by atoms with Crippen molar-refractivity contribution in [2.45, 2.75) is 33.2 Å². The fourth-order valence-electron chi connectivity index (χ4n) is 3.34. The Balaban J connectivity index is 2.14. The molecule has 0 fully saturated rings. The second-order valence-electron chi connectivity index (χ2n) is 6.67. The maximum atomic E-state index is 13.3. The molecule has 5 nitrogen and oxygen atoms in total. The first kappa shape index (κ1) is 17.2. The number of rotatable bonds is 4. The van der Waals surface area contributed by atoms with Crippen molar-refractivity contribution >= 4 is 22.1 Å². The van der Waals surface area contributed by atoms with Crippen molar-refractivity contribution in [3.63, 3.8) is 0 Å². The van der Waals surface area contributed by atoms with Gasteiger partial charge in [-0.05, 0) is 31.0 Å². The van der Waals surface area contributed by atoms with Gasteiger partial charge in [-0.1, -0.05) is 49.7 Å². The number of aryl methyl sites for hydroxylation is 1. The van der Waals surface area contributed by atoms with Crippen LogP contribution in [-0.4, -0.2) is 9.55 Å². The number of fused-ring (bicyclic) bond motifs is 2. The van der Waals surface area contributed by atoms with Gasteiger partial charge in [-0.2, -0.15) is 4.98 Å². The summed E-state index contributed by atoms with van der Waals surface area (Å²) < 4.78 is 7.46. The zero-order valence-corrected chi connectivity index (χ0v) is 15.4. The van der Waals surface area contributed by atoms with E-state index in [1.807, 2.05) is 31.2 Å². The van der Waals surface area contributed by atoms with E-state index in [1.54, 1.807) is 28.8 Å². The maximum Gasteiger partial charge on any atom is 0.269 e. The quantitative estimate of drug-likeness (QED) is 0.510. The molecule has 0 aliphatic heterocycles. The Morgan fingerprint density at radius 1 is 1.04 bits per heavy atom. The Morgan fingerprint density at radius 3 is 2.56 bits per heavy atom. The van der Waals surface area contributed by atoms with Crippen molar-refractivity contribution in [3.8, 4) is 11.4 Å². The van der Waals surface area contributed by atoms with E-state index in [2.05, 4.69) is 11.9 Å². The zero-order chi connectivity index (χ0) is 19.0. The second-order valence-corrected chi connectivity index (χ2v) is 6.67. The summed E-state index contributed by atoms with van der Waals surface area (Å²) in [7, 11) is 0. The summed E-state index contributed by atoms with van der Waals surface area (Å²) in [5.41, 5.74) is 1.73. The predicted molar refractivity (Wildman–Crippen MR) is 107 cm³/mol. The Hall–Kier alpha value is -3.21. The highest BCUT2D eigenvalue weighted by Crippen LogP contribution is 2.23. The molecular formula is C22H20N2O3. The molecule has 0 atom stereocenters. The van der Waals surface area contributed by atoms with Gasteiger partial charge in [0.25, 0.3) is 5.56 Å². The third kappa shape index (κ3) is 2.85. The second kappa shape index (κ2) is 6.83. The molecule has 0 radical (unpaired) electrons. The van der Waals surface area contributed by atoms with Crippen LogP contribution in [0.5, 0.6) is 0 Å². The smallest absolute Gasteiger partial charge is 0.269 e. The van der Waals surface area contributed by atoms with Crippen LogP contribution in [0.4, 0.5) is 0 Å². The van der Waals surface area contributed by atoms with Crippen LogP contribution in [0, 0.1) is 6.92 Å². The molecule has 0 amide bonds. The molecule has 0 unspecified atom stereocenters. The Kier molecular flexibility index (Phi) is 4.36. The van der Waals surface area contributed by atoms with E-state index in [0.29, 0.717) is 23.3 Å². The highest BCUT2D eigenvalue weighted by atomic mass is 16.3. The van der Waals surface area contributed by atoms with Gasteiger partial charge in [0.05, 0.1) is 5.39 Å². The van der Waals surface area contributed by atoms with E-state index in [9.17, 15) is 9.59 Å². The van der Waals surface area contributed by atoms with Crippen molar-refractivity contribution in [3.05, 3.63) is 74.7 Å². The highest BCUT2D eigenvalue weighted by Gasteiger charge is 2.19. The fourth-order valence-corrected chi connectivity index (χ4v) is 3.34. The van der Waals surface area contributed by atoms with E-state index in [-0.39, 0.29) is 22.1 Å². The number of hydrogen-bond donors (Lipinski definition) is 0. The largest absolute Gasteiger partial charge is 0.437 e. The molecule has 0 saturated carbocycles. The lowest BCUT2D eigenvalue weighted by atomic mass is 10.1. The molecule has 2 heterocycles. The Labute approximate surface area is 155 Å². The van der Waals surface area contributed by atoms with E-state index in [1.165, 1.54) is 0 Å². The highest BCUT2D eigenvalue weighted by molar-refractivity contribution is 5.88. The van der Waals surface area contributed by atoms with Gasteiger partial charge in [-0.15, -0.1) is 0 Å². The molecule has 0 aliphatic rings. The van der Waals surface area contributed by atoms with Gasteiger partial charge >= 0.3 is 0 Å². The monoisotopic (exact) mass is 360 g/mol. The molecule has 0 bridgehead atoms. The van der Waals surface area contributed by atoms with Crippen LogP contribution in [0.2, 0.25) is 0 Å². The number of nitrogens with zero attached hydrogens (tertiary/aromatic N) is 2. The summed E-state index contributed by atoms with van der Waals surface area (Å²) in [6.45, 7) is 4.55. The summed E-state index contributed by atoms with van der Waals surface area (Å²) in [6, 6.07) is 14.7. The van der Waals surface area contributed by atoms with Crippen LogP contribution in [0.3, 0.4) is 0 Å². The van der Waals surface area contributed by atoms with Gasteiger partial charge in [-0.25, -0.2) is 0 Å². The molecule has 4 aromatic rings. The molecule has 2 aromatic heterocycles. The molecule has 2 aromatic carbocycles. The molecule has 0 saturated heterocycles. The predicted octanol–water partition coefficient (Wildman–Crippen LogP) is 4.28. The summed E-state index contributed by atoms with van der Waals surface area (Å²) in [6.07, 6.45) is 1.76. The molecule has 27 heavy (non-hydrogen) atoms. The van der Waals surface area contributed by atoms with Gasteiger partial charge in [-0.3, -0.25) is 14.2 Å². The van der Waals surface area contributed by atoms with Gasteiger partial charge in [0.1, 0.15) is 11.4 Å². The molecule has 0 aliphatic carbocycles. The number of benzene rings is 2. The summed E-state index contributed by atoms with van der Waals surface area (Å²) in [4.78, 5) is 30.8. The van der Waals surface area contributed by atoms with Crippen molar-refractivity contribution in [2.75, 3.05) is 0 Å². The van der Waals surface area contributed by atoms with E-state index >= 15 is 0 Å². The van der Waals surface area contributed by atoms with Gasteiger partial charge in [0, 0.05) is 12.1 Å². The average Bonchev–Trinajstić information content (AvgIpc) is 2.67. The van der Waals surface area contributed by atoms with Crippen LogP contribution < -0.4 is 11.0 Å². The third-order valence-electron chi connectivity index (χ3n) is 4.82. The summed E-state index contributed by atoms with van der Waals surface area (Å²) in [5, 5.41) is 0.414. The molecule has 0 spiro atoms. The van der Waals surface area contributed by atoms with Crippen LogP contribution in [-0.2, 0) is 6.54 Å². The first-order valence-corrected chi connectivity index (χ1v) is 9.14. The summed E-state index contributed by atoms with van der Waals surface area (Å²) in [5.74, 6) is 0.539. The van der Waals surface area contributed by atoms with Crippen LogP contribution >= 0.6 is 0 Å². The number of para-hydroxylation sites is 1. The van der Waals surface area contributed by atoms with Crippen LogP contribution in [0.15, 0.2) is 62.5 Å². The fraction of sp³-hybridized carbons (Fsp3) is 0.227. The van der Waals surface area contributed by atoms with E-state index in [4.69, 9.17) is 4.42 Å². The molecule has 5 heteroatoms. The molecule has 136 valence electrons. The van der Waals surface area contributed by atoms with Crippen LogP contribution in [0.1, 0.15) is 25.3 Å². The zero-order valence-electron chi connectivity index (χ0n) is 15.4. The van der Waals surface area contributed by atoms with Crippen molar-refractivity contribution < 1.29 is 4.42 Å². The average molecular weight is 360 g/mol. The molecule has 4 rings (SSSR count). The first-order valence-electron chi connectivity index (χ1n) is 9.14. The lowest BCUT2D eigenvalue weighted by Gasteiger charge is -2.14.